The van der Waals surface area contributed by atoms with E-state index in [0.29, 0.717) is 13.0 Å². The minimum Gasteiger partial charge on any atom is -0.497 e. The first-order valence-corrected chi connectivity index (χ1v) is 10.3. The Morgan fingerprint density at radius 3 is 2.73 bits per heavy atom. The van der Waals surface area contributed by atoms with Crippen molar-refractivity contribution < 1.29 is 14.3 Å². The Hall–Kier alpha value is -3.28. The van der Waals surface area contributed by atoms with Crippen molar-refractivity contribution in [1.82, 2.24) is 9.55 Å². The average Bonchev–Trinajstić information content (AvgIpc) is 3.17. The number of hydrogen-bond acceptors (Lipinski definition) is 4. The van der Waals surface area contributed by atoms with Gasteiger partial charge in [0.2, 0.25) is 5.91 Å². The van der Waals surface area contributed by atoms with E-state index in [-0.39, 0.29) is 11.8 Å². The first kappa shape index (κ1) is 20.0. The Kier molecular flexibility index (Phi) is 6.02. The fourth-order valence-electron chi connectivity index (χ4n) is 3.98. The third-order valence-corrected chi connectivity index (χ3v) is 5.65. The topological polar surface area (TPSA) is 65.4 Å². The molecule has 1 amide bonds. The lowest BCUT2D eigenvalue weighted by molar-refractivity contribution is -0.116. The van der Waals surface area contributed by atoms with Crippen molar-refractivity contribution in [1.29, 1.82) is 0 Å². The Morgan fingerprint density at radius 2 is 2.00 bits per heavy atom. The molecule has 30 heavy (non-hydrogen) atoms. The Balaban J connectivity index is 1.33. The summed E-state index contributed by atoms with van der Waals surface area (Å²) < 4.78 is 13.0. The SMILES string of the molecule is COc1ccc2c(c1)CCCC2CC(=O)Nc1ccc(OCc2nccn2C)cc1. The summed E-state index contributed by atoms with van der Waals surface area (Å²) in [5, 5.41) is 3.01. The molecule has 0 aliphatic heterocycles. The van der Waals surface area contributed by atoms with E-state index in [1.807, 2.05) is 48.1 Å². The summed E-state index contributed by atoms with van der Waals surface area (Å²) >= 11 is 0. The van der Waals surface area contributed by atoms with E-state index in [1.165, 1.54) is 11.1 Å². The standard InChI is InChI=1S/C24H27N3O3/c1-27-13-12-25-23(27)16-30-20-8-6-19(7-9-20)26-24(28)15-18-5-3-4-17-14-21(29-2)10-11-22(17)18/h6-14,18H,3-5,15-16H2,1-2H3,(H,26,28). The number of fused-ring (bicyclic) bond motifs is 1. The molecule has 0 saturated carbocycles. The molecule has 0 fully saturated rings. The summed E-state index contributed by atoms with van der Waals surface area (Å²) in [5.41, 5.74) is 3.35. The first-order valence-electron chi connectivity index (χ1n) is 10.3. The molecule has 1 aliphatic rings. The number of ether oxygens (including phenoxy) is 2. The van der Waals surface area contributed by atoms with E-state index >= 15 is 0 Å². The average molecular weight is 405 g/mol. The number of hydrogen-bond donors (Lipinski definition) is 1. The van der Waals surface area contributed by atoms with E-state index in [4.69, 9.17) is 9.47 Å². The van der Waals surface area contributed by atoms with Gasteiger partial charge in [-0.3, -0.25) is 4.79 Å². The van der Waals surface area contributed by atoms with Crippen LogP contribution in [0.1, 0.15) is 42.1 Å². The van der Waals surface area contributed by atoms with Crippen LogP contribution in [0, 0.1) is 0 Å². The van der Waals surface area contributed by atoms with Crippen molar-refractivity contribution in [3.63, 3.8) is 0 Å². The van der Waals surface area contributed by atoms with Gasteiger partial charge < -0.3 is 19.4 Å². The van der Waals surface area contributed by atoms with Gasteiger partial charge in [0.25, 0.3) is 0 Å². The highest BCUT2D eigenvalue weighted by molar-refractivity contribution is 5.91. The largest absolute Gasteiger partial charge is 0.497 e. The maximum absolute atomic E-state index is 12.6. The van der Waals surface area contributed by atoms with Gasteiger partial charge in [-0.15, -0.1) is 0 Å². The molecule has 0 bridgehead atoms. The van der Waals surface area contributed by atoms with Gasteiger partial charge in [-0.25, -0.2) is 4.98 Å². The predicted molar refractivity (Wildman–Crippen MR) is 116 cm³/mol. The monoisotopic (exact) mass is 405 g/mol. The smallest absolute Gasteiger partial charge is 0.224 e. The highest BCUT2D eigenvalue weighted by atomic mass is 16.5. The molecule has 1 atom stereocenters. The molecule has 156 valence electrons. The van der Waals surface area contributed by atoms with Crippen LogP contribution < -0.4 is 14.8 Å². The van der Waals surface area contributed by atoms with E-state index in [0.717, 1.165) is 42.3 Å². The van der Waals surface area contributed by atoms with Crippen molar-refractivity contribution in [2.24, 2.45) is 7.05 Å². The molecule has 0 radical (unpaired) electrons. The van der Waals surface area contributed by atoms with Gasteiger partial charge in [-0.1, -0.05) is 6.07 Å². The van der Waals surface area contributed by atoms with Crippen molar-refractivity contribution in [2.75, 3.05) is 12.4 Å². The van der Waals surface area contributed by atoms with E-state index in [1.54, 1.807) is 13.3 Å². The zero-order valence-electron chi connectivity index (χ0n) is 17.4. The number of anilines is 1. The van der Waals surface area contributed by atoms with Crippen LogP contribution in [0.3, 0.4) is 0 Å². The Labute approximate surface area is 176 Å². The lowest BCUT2D eigenvalue weighted by atomic mass is 9.81. The maximum atomic E-state index is 12.6. The summed E-state index contributed by atoms with van der Waals surface area (Å²) in [6.45, 7) is 0.404. The summed E-state index contributed by atoms with van der Waals surface area (Å²) in [4.78, 5) is 16.9. The molecular formula is C24H27N3O3. The van der Waals surface area contributed by atoms with Crippen LogP contribution >= 0.6 is 0 Å². The van der Waals surface area contributed by atoms with Gasteiger partial charge in [0, 0.05) is 31.5 Å². The number of aromatic nitrogens is 2. The number of carbonyl (C=O) groups excluding carboxylic acids is 1. The second-order valence-corrected chi connectivity index (χ2v) is 7.67. The van der Waals surface area contributed by atoms with Crippen LogP contribution in [0.15, 0.2) is 54.9 Å². The van der Waals surface area contributed by atoms with Gasteiger partial charge in [-0.2, -0.15) is 0 Å². The molecule has 1 heterocycles. The first-order chi connectivity index (χ1) is 14.6. The number of methoxy groups -OCH3 is 1. The van der Waals surface area contributed by atoms with Gasteiger partial charge in [0.05, 0.1) is 7.11 Å². The molecule has 1 aliphatic carbocycles. The third kappa shape index (κ3) is 4.64. The maximum Gasteiger partial charge on any atom is 0.224 e. The summed E-state index contributed by atoms with van der Waals surface area (Å²) in [6.07, 6.45) is 7.30. The molecule has 0 saturated heterocycles. The minimum absolute atomic E-state index is 0.0327. The van der Waals surface area contributed by atoms with Gasteiger partial charge in [0.1, 0.15) is 23.9 Å². The third-order valence-electron chi connectivity index (χ3n) is 5.65. The van der Waals surface area contributed by atoms with E-state index in [2.05, 4.69) is 22.4 Å². The van der Waals surface area contributed by atoms with Crippen molar-refractivity contribution in [3.8, 4) is 11.5 Å². The highest BCUT2D eigenvalue weighted by Gasteiger charge is 2.23. The van der Waals surface area contributed by atoms with Crippen LogP contribution in [0.2, 0.25) is 0 Å². The summed E-state index contributed by atoms with van der Waals surface area (Å²) in [5.74, 6) is 2.76. The Bertz CT molecular complexity index is 1010. The van der Waals surface area contributed by atoms with Gasteiger partial charge >= 0.3 is 0 Å². The zero-order chi connectivity index (χ0) is 20.9. The summed E-state index contributed by atoms with van der Waals surface area (Å²) in [7, 11) is 3.62. The fraction of sp³-hybridized carbons (Fsp3) is 0.333. The molecule has 6 nitrogen and oxygen atoms in total. The number of rotatable bonds is 7. The van der Waals surface area contributed by atoms with Crippen LogP contribution in [0.5, 0.6) is 11.5 Å². The number of imidazole rings is 1. The second-order valence-electron chi connectivity index (χ2n) is 7.67. The van der Waals surface area contributed by atoms with Crippen LogP contribution in [0.4, 0.5) is 5.69 Å². The fourth-order valence-corrected chi connectivity index (χ4v) is 3.98. The molecule has 1 N–H and O–H groups in total. The van der Waals surface area contributed by atoms with E-state index in [9.17, 15) is 4.79 Å². The molecule has 6 heteroatoms. The van der Waals surface area contributed by atoms with Gasteiger partial charge in [-0.05, 0) is 72.7 Å². The van der Waals surface area contributed by atoms with Crippen molar-refractivity contribution >= 4 is 11.6 Å². The zero-order valence-corrected chi connectivity index (χ0v) is 17.4. The Morgan fingerprint density at radius 1 is 1.20 bits per heavy atom. The normalized spacial score (nSPS) is 15.3. The lowest BCUT2D eigenvalue weighted by Gasteiger charge is -2.25. The molecule has 2 aromatic carbocycles. The van der Waals surface area contributed by atoms with Gasteiger partial charge in [0.15, 0.2) is 0 Å². The predicted octanol–water partition coefficient (Wildman–Crippen LogP) is 4.46. The molecule has 1 aromatic heterocycles. The summed E-state index contributed by atoms with van der Waals surface area (Å²) in [6, 6.07) is 13.7. The lowest BCUT2D eigenvalue weighted by Crippen LogP contribution is -2.19. The number of nitrogens with zero attached hydrogens (tertiary/aromatic N) is 2. The number of benzene rings is 2. The number of carbonyl (C=O) groups is 1. The number of aryl methyl sites for hydroxylation is 2. The molecule has 4 rings (SSSR count). The molecular weight excluding hydrogens is 378 g/mol. The second kappa shape index (κ2) is 9.03. The molecule has 0 spiro atoms. The van der Waals surface area contributed by atoms with Crippen LogP contribution in [-0.4, -0.2) is 22.6 Å². The number of amides is 1. The van der Waals surface area contributed by atoms with Crippen LogP contribution in [0.25, 0.3) is 0 Å². The minimum atomic E-state index is 0.0327. The van der Waals surface area contributed by atoms with E-state index < -0.39 is 0 Å². The highest BCUT2D eigenvalue weighted by Crippen LogP contribution is 2.36. The molecule has 1 unspecified atom stereocenters. The molecule has 3 aromatic rings. The van der Waals surface area contributed by atoms with Crippen molar-refractivity contribution in [2.45, 2.75) is 38.2 Å². The quantitative estimate of drug-likeness (QED) is 0.630. The number of nitrogens with one attached hydrogen (secondary N) is 1. The van der Waals surface area contributed by atoms with Crippen LogP contribution in [-0.2, 0) is 24.9 Å². The van der Waals surface area contributed by atoms with Crippen molar-refractivity contribution in [3.05, 3.63) is 71.8 Å².